The molecule has 2 unspecified atom stereocenters. The second-order valence-electron chi connectivity index (χ2n) is 4.27. The van der Waals surface area contributed by atoms with Crippen molar-refractivity contribution >= 4 is 11.9 Å². The van der Waals surface area contributed by atoms with Crippen LogP contribution < -0.4 is 5.73 Å². The second kappa shape index (κ2) is 7.22. The molecule has 0 heterocycles. The van der Waals surface area contributed by atoms with Crippen LogP contribution in [-0.2, 0) is 9.59 Å². The van der Waals surface area contributed by atoms with E-state index in [4.69, 9.17) is 10.8 Å². The maximum absolute atomic E-state index is 11.7. The molecule has 0 saturated heterocycles. The van der Waals surface area contributed by atoms with Gasteiger partial charge in [-0.25, -0.2) is 0 Å². The molecule has 0 rings (SSSR count). The first-order valence-corrected chi connectivity index (χ1v) is 5.60. The van der Waals surface area contributed by atoms with Crippen LogP contribution in [0.25, 0.3) is 0 Å². The lowest BCUT2D eigenvalue weighted by Gasteiger charge is -2.23. The van der Waals surface area contributed by atoms with Crippen molar-refractivity contribution in [2.24, 2.45) is 11.7 Å². The summed E-state index contributed by atoms with van der Waals surface area (Å²) in [6.45, 7) is 4.79. The van der Waals surface area contributed by atoms with Gasteiger partial charge in [0, 0.05) is 20.0 Å². The molecule has 94 valence electrons. The number of likely N-dealkylation sites (N-methyl/N-ethyl adjacent to an activating group) is 1. The van der Waals surface area contributed by atoms with Gasteiger partial charge in [0.15, 0.2) is 0 Å². The third kappa shape index (κ3) is 5.70. The maximum atomic E-state index is 11.7. The number of carbonyl (C=O) groups is 2. The van der Waals surface area contributed by atoms with Crippen molar-refractivity contribution in [3.05, 3.63) is 0 Å². The van der Waals surface area contributed by atoms with Gasteiger partial charge in [-0.15, -0.1) is 0 Å². The van der Waals surface area contributed by atoms with Gasteiger partial charge in [-0.1, -0.05) is 20.3 Å². The number of amides is 1. The van der Waals surface area contributed by atoms with Crippen LogP contribution in [-0.4, -0.2) is 41.5 Å². The largest absolute Gasteiger partial charge is 0.481 e. The zero-order valence-electron chi connectivity index (χ0n) is 10.3. The molecule has 5 nitrogen and oxygen atoms in total. The summed E-state index contributed by atoms with van der Waals surface area (Å²) in [5.74, 6) is -0.671. The lowest BCUT2D eigenvalue weighted by Crippen LogP contribution is -2.43. The predicted molar refractivity (Wildman–Crippen MR) is 61.9 cm³/mol. The Morgan fingerprint density at radius 1 is 1.44 bits per heavy atom. The van der Waals surface area contributed by atoms with Gasteiger partial charge in [0.25, 0.3) is 0 Å². The number of hydrogen-bond donors (Lipinski definition) is 2. The first-order chi connectivity index (χ1) is 7.38. The van der Waals surface area contributed by atoms with Crippen LogP contribution >= 0.6 is 0 Å². The Morgan fingerprint density at radius 2 is 2.00 bits per heavy atom. The fourth-order valence-electron chi connectivity index (χ4n) is 1.37. The molecule has 0 fully saturated rings. The molecule has 0 aliphatic heterocycles. The summed E-state index contributed by atoms with van der Waals surface area (Å²) >= 11 is 0. The number of nitrogens with zero attached hydrogens (tertiary/aromatic N) is 1. The zero-order valence-corrected chi connectivity index (χ0v) is 10.3. The molecule has 0 aromatic rings. The highest BCUT2D eigenvalue weighted by Crippen LogP contribution is 2.05. The third-order valence-corrected chi connectivity index (χ3v) is 2.65. The van der Waals surface area contributed by atoms with Crippen molar-refractivity contribution in [3.8, 4) is 0 Å². The van der Waals surface area contributed by atoms with Crippen LogP contribution in [0.5, 0.6) is 0 Å². The standard InChI is InChI=1S/C11H22N2O3/c1-4-8(2)7-13(3)11(16)9(12)5-6-10(14)15/h8-9H,4-7,12H2,1-3H3,(H,14,15). The summed E-state index contributed by atoms with van der Waals surface area (Å²) in [5.41, 5.74) is 5.63. The molecule has 3 N–H and O–H groups in total. The van der Waals surface area contributed by atoms with E-state index in [1.54, 1.807) is 11.9 Å². The molecule has 0 aliphatic rings. The highest BCUT2D eigenvalue weighted by atomic mass is 16.4. The van der Waals surface area contributed by atoms with E-state index >= 15 is 0 Å². The molecule has 0 bridgehead atoms. The van der Waals surface area contributed by atoms with E-state index in [2.05, 4.69) is 13.8 Å². The Morgan fingerprint density at radius 3 is 2.44 bits per heavy atom. The van der Waals surface area contributed by atoms with Crippen LogP contribution in [0.15, 0.2) is 0 Å². The Hall–Kier alpha value is -1.10. The number of carboxylic acids is 1. The van der Waals surface area contributed by atoms with E-state index in [1.807, 2.05) is 0 Å². The highest BCUT2D eigenvalue weighted by Gasteiger charge is 2.19. The molecule has 0 aliphatic carbocycles. The van der Waals surface area contributed by atoms with E-state index in [9.17, 15) is 9.59 Å². The van der Waals surface area contributed by atoms with Gasteiger partial charge in [0.2, 0.25) is 5.91 Å². The molecule has 0 spiro atoms. The number of nitrogens with two attached hydrogens (primary N) is 1. The van der Waals surface area contributed by atoms with Gasteiger partial charge < -0.3 is 15.7 Å². The minimum atomic E-state index is -0.923. The van der Waals surface area contributed by atoms with Gasteiger partial charge in [0.1, 0.15) is 0 Å². The summed E-state index contributed by atoms with van der Waals surface area (Å²) in [6.07, 6.45) is 1.13. The second-order valence-corrected chi connectivity index (χ2v) is 4.27. The molecule has 0 saturated carbocycles. The van der Waals surface area contributed by atoms with Crippen LogP contribution in [0.3, 0.4) is 0 Å². The van der Waals surface area contributed by atoms with Gasteiger partial charge in [0.05, 0.1) is 6.04 Å². The SMILES string of the molecule is CCC(C)CN(C)C(=O)C(N)CCC(=O)O. The highest BCUT2D eigenvalue weighted by molar-refractivity contribution is 5.82. The van der Waals surface area contributed by atoms with Crippen LogP contribution in [0, 0.1) is 5.92 Å². The number of hydrogen-bond acceptors (Lipinski definition) is 3. The molecule has 2 atom stereocenters. The minimum Gasteiger partial charge on any atom is -0.481 e. The Labute approximate surface area is 96.6 Å². The fourth-order valence-corrected chi connectivity index (χ4v) is 1.37. The molecule has 1 amide bonds. The minimum absolute atomic E-state index is 0.0654. The average molecular weight is 230 g/mol. The quantitative estimate of drug-likeness (QED) is 0.673. The summed E-state index contributed by atoms with van der Waals surface area (Å²) in [7, 11) is 1.70. The van der Waals surface area contributed by atoms with Crippen molar-refractivity contribution in [2.75, 3.05) is 13.6 Å². The van der Waals surface area contributed by atoms with Crippen molar-refractivity contribution in [2.45, 2.75) is 39.2 Å². The monoisotopic (exact) mass is 230 g/mol. The molecular formula is C11H22N2O3. The van der Waals surface area contributed by atoms with Crippen LogP contribution in [0.2, 0.25) is 0 Å². The molecule has 0 aromatic heterocycles. The summed E-state index contributed by atoms with van der Waals surface area (Å²) in [5, 5.41) is 8.49. The van der Waals surface area contributed by atoms with Crippen molar-refractivity contribution in [3.63, 3.8) is 0 Å². The molecule has 16 heavy (non-hydrogen) atoms. The van der Waals surface area contributed by atoms with E-state index in [0.29, 0.717) is 12.5 Å². The summed E-state index contributed by atoms with van der Waals surface area (Å²) < 4.78 is 0. The third-order valence-electron chi connectivity index (χ3n) is 2.65. The number of carboxylic acid groups (broad SMARTS) is 1. The maximum Gasteiger partial charge on any atom is 0.303 e. The van der Waals surface area contributed by atoms with Crippen molar-refractivity contribution in [1.82, 2.24) is 4.90 Å². The molecule has 0 aromatic carbocycles. The normalized spacial score (nSPS) is 14.2. The van der Waals surface area contributed by atoms with E-state index in [1.165, 1.54) is 0 Å². The van der Waals surface area contributed by atoms with Gasteiger partial charge in [-0.3, -0.25) is 9.59 Å². The molecule has 0 radical (unpaired) electrons. The van der Waals surface area contributed by atoms with Crippen LogP contribution in [0.4, 0.5) is 0 Å². The van der Waals surface area contributed by atoms with Gasteiger partial charge in [-0.2, -0.15) is 0 Å². The molecular weight excluding hydrogens is 208 g/mol. The van der Waals surface area contributed by atoms with Gasteiger partial charge >= 0.3 is 5.97 Å². The molecule has 5 heteroatoms. The van der Waals surface area contributed by atoms with E-state index in [-0.39, 0.29) is 18.7 Å². The lowest BCUT2D eigenvalue weighted by atomic mass is 10.1. The number of rotatable bonds is 7. The Kier molecular flexibility index (Phi) is 6.72. The number of carbonyl (C=O) groups excluding carboxylic acids is 1. The zero-order chi connectivity index (χ0) is 12.7. The summed E-state index contributed by atoms with van der Waals surface area (Å²) in [6, 6.07) is -0.704. The first kappa shape index (κ1) is 14.9. The Bertz CT molecular complexity index is 243. The van der Waals surface area contributed by atoms with Gasteiger partial charge in [-0.05, 0) is 12.3 Å². The van der Waals surface area contributed by atoms with E-state index in [0.717, 1.165) is 6.42 Å². The first-order valence-electron chi connectivity index (χ1n) is 5.60. The fraction of sp³-hybridized carbons (Fsp3) is 0.818. The Balaban J connectivity index is 4.05. The van der Waals surface area contributed by atoms with Crippen LogP contribution in [0.1, 0.15) is 33.1 Å². The summed E-state index contributed by atoms with van der Waals surface area (Å²) in [4.78, 5) is 23.6. The van der Waals surface area contributed by atoms with Crippen molar-refractivity contribution < 1.29 is 14.7 Å². The van der Waals surface area contributed by atoms with E-state index < -0.39 is 12.0 Å². The smallest absolute Gasteiger partial charge is 0.303 e. The predicted octanol–water partition coefficient (Wildman–Crippen LogP) is 0.683. The number of aliphatic carboxylic acids is 1. The topological polar surface area (TPSA) is 83.6 Å². The lowest BCUT2D eigenvalue weighted by molar-refractivity contribution is -0.137. The van der Waals surface area contributed by atoms with Crippen molar-refractivity contribution in [1.29, 1.82) is 0 Å². The average Bonchev–Trinajstić information content (AvgIpc) is 2.24.